The van der Waals surface area contributed by atoms with Crippen LogP contribution in [0.25, 0.3) is 5.82 Å². The summed E-state index contributed by atoms with van der Waals surface area (Å²) in [6, 6.07) is 2.94. The van der Waals surface area contributed by atoms with Crippen molar-refractivity contribution in [2.24, 2.45) is 5.73 Å². The predicted octanol–water partition coefficient (Wildman–Crippen LogP) is 0.677. The molecular formula is C10H11N5O2. The molecule has 0 amide bonds. The number of hydrogen-bond acceptors (Lipinski definition) is 5. The molecule has 88 valence electrons. The van der Waals surface area contributed by atoms with Crippen molar-refractivity contribution >= 4 is 5.69 Å². The van der Waals surface area contributed by atoms with Gasteiger partial charge in [0, 0.05) is 31.1 Å². The molecule has 17 heavy (non-hydrogen) atoms. The highest BCUT2D eigenvalue weighted by atomic mass is 16.6. The van der Waals surface area contributed by atoms with Crippen LogP contribution in [-0.4, -0.2) is 26.0 Å². The van der Waals surface area contributed by atoms with Crippen molar-refractivity contribution in [1.29, 1.82) is 0 Å². The smallest absolute Gasteiger partial charge is 0.312 e. The van der Waals surface area contributed by atoms with Gasteiger partial charge in [0.25, 0.3) is 0 Å². The van der Waals surface area contributed by atoms with Crippen LogP contribution in [-0.2, 0) is 6.42 Å². The first kappa shape index (κ1) is 11.2. The second-order valence-corrected chi connectivity index (χ2v) is 3.36. The first-order chi connectivity index (χ1) is 8.24. The van der Waals surface area contributed by atoms with E-state index in [-0.39, 0.29) is 11.5 Å². The maximum atomic E-state index is 10.9. The van der Waals surface area contributed by atoms with Crippen molar-refractivity contribution in [2.45, 2.75) is 6.42 Å². The van der Waals surface area contributed by atoms with E-state index in [2.05, 4.69) is 9.97 Å². The van der Waals surface area contributed by atoms with Crippen molar-refractivity contribution in [3.8, 4) is 5.82 Å². The van der Waals surface area contributed by atoms with Gasteiger partial charge in [-0.2, -0.15) is 0 Å². The maximum absolute atomic E-state index is 10.9. The number of aromatic nitrogens is 3. The molecular weight excluding hydrogens is 222 g/mol. The summed E-state index contributed by atoms with van der Waals surface area (Å²) < 4.78 is 1.59. The van der Waals surface area contributed by atoms with E-state index in [1.807, 2.05) is 0 Å². The molecule has 0 unspecified atom stereocenters. The molecule has 2 rings (SSSR count). The van der Waals surface area contributed by atoms with Gasteiger partial charge in [0.1, 0.15) is 5.82 Å². The first-order valence-corrected chi connectivity index (χ1v) is 5.06. The Labute approximate surface area is 97.1 Å². The van der Waals surface area contributed by atoms with Gasteiger partial charge in [0.05, 0.1) is 4.92 Å². The van der Waals surface area contributed by atoms with Gasteiger partial charge in [-0.3, -0.25) is 14.7 Å². The van der Waals surface area contributed by atoms with E-state index in [9.17, 15) is 10.1 Å². The molecule has 0 atom stereocenters. The summed E-state index contributed by atoms with van der Waals surface area (Å²) in [4.78, 5) is 18.6. The topological polar surface area (TPSA) is 99.9 Å². The van der Waals surface area contributed by atoms with E-state index in [0.717, 1.165) is 0 Å². The number of nitrogens with zero attached hydrogens (tertiary/aromatic N) is 4. The van der Waals surface area contributed by atoms with Crippen molar-refractivity contribution in [1.82, 2.24) is 14.5 Å². The fourth-order valence-corrected chi connectivity index (χ4v) is 1.56. The molecule has 2 aromatic heterocycles. The van der Waals surface area contributed by atoms with E-state index < -0.39 is 4.92 Å². The zero-order valence-electron chi connectivity index (χ0n) is 8.98. The van der Waals surface area contributed by atoms with Crippen LogP contribution in [0.1, 0.15) is 5.82 Å². The van der Waals surface area contributed by atoms with Crippen molar-refractivity contribution in [3.05, 3.63) is 46.7 Å². The van der Waals surface area contributed by atoms with Crippen LogP contribution in [0.2, 0.25) is 0 Å². The molecule has 0 spiro atoms. The highest BCUT2D eigenvalue weighted by Crippen LogP contribution is 2.20. The summed E-state index contributed by atoms with van der Waals surface area (Å²) in [5.41, 5.74) is 5.40. The summed E-state index contributed by atoms with van der Waals surface area (Å²) in [5.74, 6) is 0.924. The Morgan fingerprint density at radius 1 is 1.41 bits per heavy atom. The van der Waals surface area contributed by atoms with Crippen molar-refractivity contribution < 1.29 is 4.92 Å². The zero-order chi connectivity index (χ0) is 12.3. The Morgan fingerprint density at radius 2 is 2.24 bits per heavy atom. The van der Waals surface area contributed by atoms with E-state index in [1.165, 1.54) is 18.3 Å². The molecule has 7 nitrogen and oxygen atoms in total. The van der Waals surface area contributed by atoms with Gasteiger partial charge in [-0.1, -0.05) is 0 Å². The minimum absolute atomic E-state index is 0.0521. The molecule has 0 saturated carbocycles. The number of nitro groups is 1. The summed E-state index contributed by atoms with van der Waals surface area (Å²) in [7, 11) is 0. The Hall–Kier alpha value is -2.28. The summed E-state index contributed by atoms with van der Waals surface area (Å²) >= 11 is 0. The average Bonchev–Trinajstić information content (AvgIpc) is 2.77. The van der Waals surface area contributed by atoms with E-state index >= 15 is 0 Å². The SMILES string of the molecule is NCCc1nccn1-c1ncccc1[N+](=O)[O-]. The van der Waals surface area contributed by atoms with Gasteiger partial charge in [0.15, 0.2) is 0 Å². The highest BCUT2D eigenvalue weighted by Gasteiger charge is 2.17. The quantitative estimate of drug-likeness (QED) is 0.618. The lowest BCUT2D eigenvalue weighted by molar-refractivity contribution is -0.384. The molecule has 0 radical (unpaired) electrons. The van der Waals surface area contributed by atoms with Crippen molar-refractivity contribution in [3.63, 3.8) is 0 Å². The zero-order valence-corrected chi connectivity index (χ0v) is 8.98. The Morgan fingerprint density at radius 3 is 2.94 bits per heavy atom. The van der Waals surface area contributed by atoms with Crippen LogP contribution in [0.3, 0.4) is 0 Å². The van der Waals surface area contributed by atoms with E-state index in [4.69, 9.17) is 5.73 Å². The molecule has 0 fully saturated rings. The van der Waals surface area contributed by atoms with Gasteiger partial charge in [-0.25, -0.2) is 9.97 Å². The second-order valence-electron chi connectivity index (χ2n) is 3.36. The number of pyridine rings is 1. The van der Waals surface area contributed by atoms with Crippen LogP contribution in [0.15, 0.2) is 30.7 Å². The van der Waals surface area contributed by atoms with E-state index in [0.29, 0.717) is 18.8 Å². The van der Waals surface area contributed by atoms with Crippen LogP contribution < -0.4 is 5.73 Å². The number of hydrogen-bond donors (Lipinski definition) is 1. The normalized spacial score (nSPS) is 10.4. The number of imidazole rings is 1. The number of rotatable bonds is 4. The summed E-state index contributed by atoms with van der Waals surface area (Å²) in [6.07, 6.45) is 5.26. The molecule has 2 N–H and O–H groups in total. The van der Waals surface area contributed by atoms with Crippen LogP contribution in [0.4, 0.5) is 5.69 Å². The monoisotopic (exact) mass is 233 g/mol. The lowest BCUT2D eigenvalue weighted by Crippen LogP contribution is -2.10. The van der Waals surface area contributed by atoms with Gasteiger partial charge in [-0.15, -0.1) is 0 Å². The third-order valence-corrected chi connectivity index (χ3v) is 2.28. The third-order valence-electron chi connectivity index (χ3n) is 2.28. The molecule has 0 aromatic carbocycles. The first-order valence-electron chi connectivity index (χ1n) is 5.06. The minimum atomic E-state index is -0.464. The lowest BCUT2D eigenvalue weighted by Gasteiger charge is -2.05. The molecule has 2 aromatic rings. The minimum Gasteiger partial charge on any atom is -0.330 e. The van der Waals surface area contributed by atoms with Crippen LogP contribution in [0.5, 0.6) is 0 Å². The molecule has 0 bridgehead atoms. The Bertz CT molecular complexity index is 537. The third kappa shape index (κ3) is 2.13. The molecule has 0 aliphatic carbocycles. The van der Waals surface area contributed by atoms with Crippen LogP contribution in [0, 0.1) is 10.1 Å². The lowest BCUT2D eigenvalue weighted by atomic mass is 10.3. The Balaban J connectivity index is 2.52. The average molecular weight is 233 g/mol. The molecule has 0 saturated heterocycles. The van der Waals surface area contributed by atoms with Gasteiger partial charge >= 0.3 is 5.69 Å². The Kier molecular flexibility index (Phi) is 3.10. The highest BCUT2D eigenvalue weighted by molar-refractivity contribution is 5.46. The molecule has 7 heteroatoms. The van der Waals surface area contributed by atoms with Crippen LogP contribution >= 0.6 is 0 Å². The van der Waals surface area contributed by atoms with Gasteiger partial charge < -0.3 is 5.73 Å². The molecule has 0 aliphatic rings. The second kappa shape index (κ2) is 4.71. The fourth-order valence-electron chi connectivity index (χ4n) is 1.56. The predicted molar refractivity (Wildman–Crippen MR) is 60.8 cm³/mol. The largest absolute Gasteiger partial charge is 0.330 e. The van der Waals surface area contributed by atoms with Crippen molar-refractivity contribution in [2.75, 3.05) is 6.54 Å². The summed E-state index contributed by atoms with van der Waals surface area (Å²) in [5, 5.41) is 10.9. The number of nitrogens with two attached hydrogens (primary N) is 1. The maximum Gasteiger partial charge on any atom is 0.312 e. The fraction of sp³-hybridized carbons (Fsp3) is 0.200. The standard InChI is InChI=1S/C10H11N5O2/c11-4-3-9-12-6-7-14(9)10-8(15(16)17)2-1-5-13-10/h1-2,5-7H,3-4,11H2. The molecule has 2 heterocycles. The summed E-state index contributed by atoms with van der Waals surface area (Å²) in [6.45, 7) is 0.428. The molecule has 0 aliphatic heterocycles. The van der Waals surface area contributed by atoms with Gasteiger partial charge in [-0.05, 0) is 12.6 Å². The van der Waals surface area contributed by atoms with Gasteiger partial charge in [0.2, 0.25) is 5.82 Å². The van der Waals surface area contributed by atoms with E-state index in [1.54, 1.807) is 17.0 Å².